The first-order chi connectivity index (χ1) is 7.59. The summed E-state index contributed by atoms with van der Waals surface area (Å²) in [6.07, 6.45) is 3.70. The Kier molecular flexibility index (Phi) is 3.32. The van der Waals surface area contributed by atoms with E-state index in [9.17, 15) is 0 Å². The summed E-state index contributed by atoms with van der Waals surface area (Å²) in [5.74, 6) is 0.722. The van der Waals surface area contributed by atoms with Crippen molar-refractivity contribution in [3.05, 3.63) is 21.8 Å². The van der Waals surface area contributed by atoms with Crippen molar-refractivity contribution < 1.29 is 0 Å². The van der Waals surface area contributed by atoms with Crippen LogP contribution in [0.3, 0.4) is 0 Å². The van der Waals surface area contributed by atoms with Crippen LogP contribution in [0, 0.1) is 10.7 Å². The summed E-state index contributed by atoms with van der Waals surface area (Å²) < 4.78 is 0.955. The van der Waals surface area contributed by atoms with Crippen LogP contribution < -0.4 is 4.90 Å². The summed E-state index contributed by atoms with van der Waals surface area (Å²) >= 11 is 5.22. The molecule has 2 aromatic heterocycles. The maximum absolute atomic E-state index is 5.22. The van der Waals surface area contributed by atoms with Crippen molar-refractivity contribution in [1.29, 1.82) is 0 Å². The van der Waals surface area contributed by atoms with E-state index in [1.807, 2.05) is 38.3 Å². The third kappa shape index (κ3) is 2.14. The van der Waals surface area contributed by atoms with E-state index in [-0.39, 0.29) is 0 Å². The summed E-state index contributed by atoms with van der Waals surface area (Å²) in [5.41, 5.74) is 2.20. The summed E-state index contributed by atoms with van der Waals surface area (Å²) in [6, 6.07) is 0. The summed E-state index contributed by atoms with van der Waals surface area (Å²) in [7, 11) is 7.17. The lowest BCUT2D eigenvalue weighted by atomic mass is 10.2. The molecule has 3 nitrogen and oxygen atoms in total. The van der Waals surface area contributed by atoms with Crippen molar-refractivity contribution in [2.24, 2.45) is 0 Å². The van der Waals surface area contributed by atoms with Gasteiger partial charge >= 0.3 is 0 Å². The van der Waals surface area contributed by atoms with Gasteiger partial charge in [-0.25, -0.2) is 9.97 Å². The van der Waals surface area contributed by atoms with E-state index in [0.717, 1.165) is 20.9 Å². The Hall–Kier alpha value is -0.850. The first-order valence-corrected chi connectivity index (χ1v) is 7.25. The molecule has 0 bridgehead atoms. The molecule has 0 saturated heterocycles. The third-order valence-electron chi connectivity index (χ3n) is 2.15. The van der Waals surface area contributed by atoms with Crippen LogP contribution >= 0.6 is 32.9 Å². The maximum Gasteiger partial charge on any atom is 0.224 e. The molecule has 0 fully saturated rings. The van der Waals surface area contributed by atoms with E-state index < -0.39 is 0 Å². The zero-order valence-corrected chi connectivity index (χ0v) is 11.7. The van der Waals surface area contributed by atoms with Gasteiger partial charge in [-0.3, -0.25) is 0 Å². The monoisotopic (exact) mass is 269 g/mol. The highest BCUT2D eigenvalue weighted by Gasteiger charge is 2.08. The second kappa shape index (κ2) is 4.57. The molecule has 0 amide bonds. The van der Waals surface area contributed by atoms with Gasteiger partial charge in [-0.2, -0.15) is 0 Å². The van der Waals surface area contributed by atoms with Gasteiger partial charge in [0.2, 0.25) is 5.95 Å². The van der Waals surface area contributed by atoms with E-state index in [1.165, 1.54) is 4.88 Å². The Bertz CT molecular complexity index is 539. The van der Waals surface area contributed by atoms with E-state index in [1.54, 1.807) is 20.7 Å². The molecule has 0 spiro atoms. The molecule has 6 heteroatoms. The minimum Gasteiger partial charge on any atom is -0.347 e. The van der Waals surface area contributed by atoms with Crippen molar-refractivity contribution in [2.45, 2.75) is 6.92 Å². The molecule has 16 heavy (non-hydrogen) atoms. The predicted molar refractivity (Wildman–Crippen MR) is 73.1 cm³/mol. The van der Waals surface area contributed by atoms with Crippen LogP contribution in [0.2, 0.25) is 0 Å². The molecule has 0 radical (unpaired) electrons. The quantitative estimate of drug-likeness (QED) is 0.617. The molecule has 0 unspecified atom stereocenters. The highest BCUT2D eigenvalue weighted by Crippen LogP contribution is 2.33. The standard InChI is InChI=1S/C10H11N3S3/c1-6-8(15-16-9(6)14)7-4-11-10(12-5-7)13(2)3/h4-5H,1-3H3. The second-order valence-corrected chi connectivity index (χ2v) is 6.39. The third-order valence-corrected chi connectivity index (χ3v) is 5.52. The minimum atomic E-state index is 0.722. The van der Waals surface area contributed by atoms with Crippen LogP contribution in [0.25, 0.3) is 10.4 Å². The van der Waals surface area contributed by atoms with E-state index in [4.69, 9.17) is 12.2 Å². The summed E-state index contributed by atoms with van der Waals surface area (Å²) in [6.45, 7) is 2.05. The number of hydrogen-bond donors (Lipinski definition) is 0. The first kappa shape index (κ1) is 11.6. The van der Waals surface area contributed by atoms with E-state index in [2.05, 4.69) is 9.97 Å². The fourth-order valence-corrected chi connectivity index (χ4v) is 4.10. The van der Waals surface area contributed by atoms with Crippen LogP contribution in [-0.4, -0.2) is 24.1 Å². The number of hydrogen-bond acceptors (Lipinski definition) is 6. The fourth-order valence-electron chi connectivity index (χ4n) is 1.23. The van der Waals surface area contributed by atoms with Gasteiger partial charge in [-0.15, -0.1) is 0 Å². The molecule has 0 aromatic carbocycles. The molecule has 0 atom stereocenters. The number of rotatable bonds is 2. The van der Waals surface area contributed by atoms with Crippen molar-refractivity contribution in [2.75, 3.05) is 19.0 Å². The minimum absolute atomic E-state index is 0.722. The van der Waals surface area contributed by atoms with E-state index in [0.29, 0.717) is 0 Å². The van der Waals surface area contributed by atoms with Crippen LogP contribution in [0.4, 0.5) is 5.95 Å². The van der Waals surface area contributed by atoms with Gasteiger partial charge in [-0.05, 0) is 12.5 Å². The average molecular weight is 269 g/mol. The molecular formula is C10H11N3S3. The van der Waals surface area contributed by atoms with Crippen molar-refractivity contribution in [3.8, 4) is 10.4 Å². The highest BCUT2D eigenvalue weighted by atomic mass is 32.9. The largest absolute Gasteiger partial charge is 0.347 e. The summed E-state index contributed by atoms with van der Waals surface area (Å²) in [4.78, 5) is 11.7. The van der Waals surface area contributed by atoms with Gasteiger partial charge < -0.3 is 4.90 Å². The topological polar surface area (TPSA) is 29.0 Å². The Labute approximate surface area is 107 Å². The Morgan fingerprint density at radius 1 is 1.19 bits per heavy atom. The Balaban J connectivity index is 2.42. The highest BCUT2D eigenvalue weighted by molar-refractivity contribution is 7.80. The molecule has 0 aliphatic heterocycles. The molecule has 2 heterocycles. The zero-order valence-electron chi connectivity index (χ0n) is 9.22. The van der Waals surface area contributed by atoms with Gasteiger partial charge in [0, 0.05) is 32.1 Å². The number of aromatic nitrogens is 2. The molecule has 0 aliphatic rings. The molecule has 0 N–H and O–H groups in total. The predicted octanol–water partition coefficient (Wildman–Crippen LogP) is 3.37. The van der Waals surface area contributed by atoms with E-state index >= 15 is 0 Å². The lowest BCUT2D eigenvalue weighted by Crippen LogP contribution is -2.12. The average Bonchev–Trinajstić information content (AvgIpc) is 2.60. The maximum atomic E-state index is 5.22. The number of nitrogens with zero attached hydrogens (tertiary/aromatic N) is 3. The van der Waals surface area contributed by atoms with Crippen LogP contribution in [0.5, 0.6) is 0 Å². The van der Waals surface area contributed by atoms with Gasteiger partial charge in [-0.1, -0.05) is 32.9 Å². The van der Waals surface area contributed by atoms with Crippen molar-refractivity contribution >= 4 is 38.8 Å². The Morgan fingerprint density at radius 3 is 2.25 bits per heavy atom. The Morgan fingerprint density at radius 2 is 1.81 bits per heavy atom. The van der Waals surface area contributed by atoms with Crippen LogP contribution in [0.15, 0.2) is 12.4 Å². The molecule has 2 rings (SSSR count). The lowest BCUT2D eigenvalue weighted by Gasteiger charge is -2.09. The van der Waals surface area contributed by atoms with Gasteiger partial charge in [0.15, 0.2) is 0 Å². The normalized spacial score (nSPS) is 10.4. The van der Waals surface area contributed by atoms with Gasteiger partial charge in [0.05, 0.1) is 4.88 Å². The fraction of sp³-hybridized carbons (Fsp3) is 0.300. The molecule has 0 aliphatic carbocycles. The van der Waals surface area contributed by atoms with Crippen molar-refractivity contribution in [3.63, 3.8) is 0 Å². The smallest absolute Gasteiger partial charge is 0.224 e. The first-order valence-electron chi connectivity index (χ1n) is 4.69. The van der Waals surface area contributed by atoms with Gasteiger partial charge in [0.1, 0.15) is 3.82 Å². The zero-order chi connectivity index (χ0) is 11.7. The second-order valence-electron chi connectivity index (χ2n) is 3.57. The van der Waals surface area contributed by atoms with Gasteiger partial charge in [0.25, 0.3) is 0 Å². The lowest BCUT2D eigenvalue weighted by molar-refractivity contribution is 1.00. The molecule has 84 valence electrons. The SMILES string of the molecule is Cc1c(-c2cnc(N(C)C)nc2)ssc1=S. The summed E-state index contributed by atoms with van der Waals surface area (Å²) in [5, 5.41) is 0. The van der Waals surface area contributed by atoms with Crippen molar-refractivity contribution in [1.82, 2.24) is 9.97 Å². The van der Waals surface area contributed by atoms with Crippen LogP contribution in [-0.2, 0) is 0 Å². The number of anilines is 1. The molecule has 0 saturated carbocycles. The molecule has 2 aromatic rings. The van der Waals surface area contributed by atoms with Crippen LogP contribution in [0.1, 0.15) is 5.56 Å². The molecular weight excluding hydrogens is 258 g/mol.